The lowest BCUT2D eigenvalue weighted by Crippen LogP contribution is -2.27. The first-order valence-electron chi connectivity index (χ1n) is 12.4. The van der Waals surface area contributed by atoms with Gasteiger partial charge in [0.05, 0.1) is 28.6 Å². The molecule has 204 valence electrons. The molecule has 1 saturated heterocycles. The van der Waals surface area contributed by atoms with Crippen molar-refractivity contribution in [2.75, 3.05) is 25.6 Å². The van der Waals surface area contributed by atoms with Crippen molar-refractivity contribution in [2.45, 2.75) is 36.1 Å². The number of hydrogen-bond acceptors (Lipinski definition) is 9. The predicted molar refractivity (Wildman–Crippen MR) is 141 cm³/mol. The highest BCUT2D eigenvalue weighted by molar-refractivity contribution is 7.92. The quantitative estimate of drug-likeness (QED) is 0.312. The standard InChI is InChI=1S/C27H27F2N5O4S/c1-16(12-28)31-13-17-2-7-21(22(29)10-17)23-11-25(38-34-23)26-27(30)32-14-24(33-26)18-3-5-19(6-4-18)39(35,36)20-8-9-37-15-20/h2-7,10-11,14,16,20,31H,8-9,12-13,15H2,1H3,(H2,30,32)/t16?,20-/m1/s1. The second-order valence-electron chi connectivity index (χ2n) is 9.37. The van der Waals surface area contributed by atoms with Crippen LogP contribution in [0, 0.1) is 5.82 Å². The number of halogens is 2. The first kappa shape index (κ1) is 26.9. The van der Waals surface area contributed by atoms with Crippen molar-refractivity contribution >= 4 is 15.7 Å². The summed E-state index contributed by atoms with van der Waals surface area (Å²) in [5.74, 6) is -0.223. The third-order valence-electron chi connectivity index (χ3n) is 6.55. The van der Waals surface area contributed by atoms with Crippen LogP contribution in [0.1, 0.15) is 18.9 Å². The van der Waals surface area contributed by atoms with E-state index < -0.39 is 27.6 Å². The van der Waals surface area contributed by atoms with Crippen LogP contribution in [0.4, 0.5) is 14.6 Å². The van der Waals surface area contributed by atoms with Gasteiger partial charge in [0.2, 0.25) is 0 Å². The van der Waals surface area contributed by atoms with Crippen molar-refractivity contribution in [1.29, 1.82) is 0 Å². The van der Waals surface area contributed by atoms with Crippen LogP contribution in [0.5, 0.6) is 0 Å². The van der Waals surface area contributed by atoms with E-state index in [1.54, 1.807) is 31.2 Å². The lowest BCUT2D eigenvalue weighted by Gasteiger charge is -2.10. The van der Waals surface area contributed by atoms with Gasteiger partial charge in [-0.1, -0.05) is 23.4 Å². The molecule has 2 aromatic heterocycles. The van der Waals surface area contributed by atoms with Crippen molar-refractivity contribution < 1.29 is 26.5 Å². The van der Waals surface area contributed by atoms with Crippen LogP contribution in [-0.4, -0.2) is 54.7 Å². The molecule has 1 aliphatic heterocycles. The van der Waals surface area contributed by atoms with Gasteiger partial charge in [0.15, 0.2) is 27.1 Å². The van der Waals surface area contributed by atoms with Gasteiger partial charge in [0.1, 0.15) is 18.2 Å². The molecule has 5 rings (SSSR count). The number of aromatic nitrogens is 3. The number of nitrogens with two attached hydrogens (primary N) is 1. The van der Waals surface area contributed by atoms with Gasteiger partial charge < -0.3 is 20.3 Å². The molecule has 0 saturated carbocycles. The van der Waals surface area contributed by atoms with Crippen LogP contribution in [0.2, 0.25) is 0 Å². The largest absolute Gasteiger partial charge is 0.382 e. The molecule has 3 heterocycles. The Morgan fingerprint density at radius 1 is 1.15 bits per heavy atom. The molecule has 3 N–H and O–H groups in total. The molecule has 4 aromatic rings. The van der Waals surface area contributed by atoms with E-state index in [2.05, 4.69) is 20.4 Å². The zero-order valence-electron chi connectivity index (χ0n) is 21.1. The molecule has 0 spiro atoms. The summed E-state index contributed by atoms with van der Waals surface area (Å²) in [5, 5.41) is 6.40. The van der Waals surface area contributed by atoms with Gasteiger partial charge >= 0.3 is 0 Å². The number of sulfone groups is 1. The second-order valence-corrected chi connectivity index (χ2v) is 11.6. The Hall–Kier alpha value is -3.74. The zero-order valence-corrected chi connectivity index (χ0v) is 21.9. The predicted octanol–water partition coefficient (Wildman–Crippen LogP) is 4.20. The van der Waals surface area contributed by atoms with Crippen molar-refractivity contribution in [1.82, 2.24) is 20.4 Å². The van der Waals surface area contributed by atoms with Gasteiger partial charge in [0, 0.05) is 36.4 Å². The molecular formula is C27H27F2N5O4S. The van der Waals surface area contributed by atoms with E-state index in [1.807, 2.05) is 0 Å². The summed E-state index contributed by atoms with van der Waals surface area (Å²) in [6.07, 6.45) is 1.95. The van der Waals surface area contributed by atoms with Gasteiger partial charge in [-0.3, -0.25) is 0 Å². The number of anilines is 1. The molecule has 0 amide bonds. The lowest BCUT2D eigenvalue weighted by atomic mass is 10.1. The number of benzene rings is 2. The maximum atomic E-state index is 14.8. The fourth-order valence-corrected chi connectivity index (χ4v) is 5.80. The van der Waals surface area contributed by atoms with E-state index in [0.29, 0.717) is 36.4 Å². The van der Waals surface area contributed by atoms with Gasteiger partial charge in [-0.05, 0) is 43.2 Å². The lowest BCUT2D eigenvalue weighted by molar-refractivity contribution is 0.198. The van der Waals surface area contributed by atoms with Crippen molar-refractivity contribution in [2.24, 2.45) is 0 Å². The summed E-state index contributed by atoms with van der Waals surface area (Å²) >= 11 is 0. The average Bonchev–Trinajstić information content (AvgIpc) is 3.66. The number of nitrogens with one attached hydrogen (secondary N) is 1. The van der Waals surface area contributed by atoms with E-state index in [4.69, 9.17) is 15.0 Å². The topological polar surface area (TPSA) is 133 Å². The first-order chi connectivity index (χ1) is 18.8. The molecule has 0 radical (unpaired) electrons. The number of hydrogen-bond donors (Lipinski definition) is 2. The molecule has 0 bridgehead atoms. The highest BCUT2D eigenvalue weighted by atomic mass is 32.2. The molecule has 2 atom stereocenters. The summed E-state index contributed by atoms with van der Waals surface area (Å²) in [5.41, 5.74) is 8.47. The van der Waals surface area contributed by atoms with Crippen LogP contribution in [0.3, 0.4) is 0 Å². The van der Waals surface area contributed by atoms with Crippen LogP contribution in [-0.2, 0) is 21.1 Å². The number of rotatable bonds is 9. The maximum absolute atomic E-state index is 14.8. The zero-order chi connectivity index (χ0) is 27.6. The molecule has 9 nitrogen and oxygen atoms in total. The fourth-order valence-electron chi connectivity index (χ4n) is 4.22. The highest BCUT2D eigenvalue weighted by Crippen LogP contribution is 2.31. The minimum atomic E-state index is -3.49. The van der Waals surface area contributed by atoms with E-state index in [0.717, 1.165) is 0 Å². The minimum absolute atomic E-state index is 0.0887. The molecule has 1 aliphatic rings. The number of alkyl halides is 1. The Kier molecular flexibility index (Phi) is 7.69. The van der Waals surface area contributed by atoms with E-state index in [-0.39, 0.29) is 46.1 Å². The summed E-state index contributed by atoms with van der Waals surface area (Å²) in [4.78, 5) is 8.97. The van der Waals surface area contributed by atoms with Crippen molar-refractivity contribution in [3.8, 4) is 34.0 Å². The summed E-state index contributed by atoms with van der Waals surface area (Å²) in [7, 11) is -3.49. The van der Waals surface area contributed by atoms with Crippen molar-refractivity contribution in [3.63, 3.8) is 0 Å². The minimum Gasteiger partial charge on any atom is -0.382 e. The Morgan fingerprint density at radius 2 is 1.95 bits per heavy atom. The fraction of sp³-hybridized carbons (Fsp3) is 0.296. The van der Waals surface area contributed by atoms with Gasteiger partial charge in [-0.25, -0.2) is 27.2 Å². The first-order valence-corrected chi connectivity index (χ1v) is 13.9. The molecule has 39 heavy (non-hydrogen) atoms. The summed E-state index contributed by atoms with van der Waals surface area (Å²) in [6, 6.07) is 12.2. The average molecular weight is 556 g/mol. The Labute approximate surface area is 224 Å². The molecule has 1 fully saturated rings. The molecule has 0 aliphatic carbocycles. The van der Waals surface area contributed by atoms with Crippen LogP contribution in [0.25, 0.3) is 34.0 Å². The van der Waals surface area contributed by atoms with E-state index in [1.165, 1.54) is 30.5 Å². The third kappa shape index (κ3) is 5.68. The smallest absolute Gasteiger partial charge is 0.189 e. The van der Waals surface area contributed by atoms with Crippen LogP contribution < -0.4 is 11.1 Å². The molecule has 12 heteroatoms. The van der Waals surface area contributed by atoms with Gasteiger partial charge in [0.25, 0.3) is 0 Å². The van der Waals surface area contributed by atoms with Crippen molar-refractivity contribution in [3.05, 3.63) is 66.1 Å². The molecule has 1 unspecified atom stereocenters. The SMILES string of the molecule is CC(CF)NCc1ccc(-c2cc(-c3nc(-c4ccc(S(=O)(=O)[C@@H]5CCOC5)cc4)cnc3N)on2)c(F)c1. The summed E-state index contributed by atoms with van der Waals surface area (Å²) < 4.78 is 63.8. The summed E-state index contributed by atoms with van der Waals surface area (Å²) in [6.45, 7) is 2.15. The Bertz CT molecular complexity index is 1570. The number of nitrogens with zero attached hydrogens (tertiary/aromatic N) is 3. The van der Waals surface area contributed by atoms with Crippen LogP contribution >= 0.6 is 0 Å². The van der Waals surface area contributed by atoms with Gasteiger partial charge in [-0.15, -0.1) is 0 Å². The maximum Gasteiger partial charge on any atom is 0.189 e. The van der Waals surface area contributed by atoms with E-state index >= 15 is 0 Å². The number of ether oxygens (including phenoxy) is 1. The Morgan fingerprint density at radius 3 is 2.64 bits per heavy atom. The second kappa shape index (κ2) is 11.2. The van der Waals surface area contributed by atoms with Crippen LogP contribution in [0.15, 0.2) is 64.1 Å². The highest BCUT2D eigenvalue weighted by Gasteiger charge is 2.31. The Balaban J connectivity index is 1.37. The van der Waals surface area contributed by atoms with E-state index in [9.17, 15) is 17.2 Å². The molecule has 2 aromatic carbocycles. The normalized spacial score (nSPS) is 16.4. The number of nitrogen functional groups attached to an aromatic ring is 1. The monoisotopic (exact) mass is 555 g/mol. The van der Waals surface area contributed by atoms with Gasteiger partial charge in [-0.2, -0.15) is 0 Å². The third-order valence-corrected chi connectivity index (χ3v) is 8.72. The molecular weight excluding hydrogens is 528 g/mol.